The number of nitrogens with one attached hydrogen (secondary N) is 1. The van der Waals surface area contributed by atoms with E-state index >= 15 is 0 Å². The number of allylic oxidation sites excluding steroid dienone is 2. The molecule has 6 atom stereocenters. The van der Waals surface area contributed by atoms with Crippen LogP contribution in [0.2, 0.25) is 0 Å². The van der Waals surface area contributed by atoms with Crippen molar-refractivity contribution in [2.45, 2.75) is 64.9 Å². The average molecular weight is 373 g/mol. The Morgan fingerprint density at radius 2 is 2.04 bits per heavy atom. The molecule has 0 saturated heterocycles. The Balaban J connectivity index is 1.73. The van der Waals surface area contributed by atoms with Gasteiger partial charge in [0.2, 0.25) is 6.41 Å². The van der Waals surface area contributed by atoms with Gasteiger partial charge < -0.3 is 15.5 Å². The molecule has 0 radical (unpaired) electrons. The highest BCUT2D eigenvalue weighted by Gasteiger charge is 2.61. The van der Waals surface area contributed by atoms with Crippen molar-refractivity contribution >= 4 is 12.2 Å². The molecule has 4 aliphatic rings. The fourth-order valence-corrected chi connectivity index (χ4v) is 7.29. The number of hydrogen-bond acceptors (Lipinski definition) is 4. The molecule has 3 fully saturated rings. The Labute approximate surface area is 160 Å². The van der Waals surface area contributed by atoms with Gasteiger partial charge in [0.05, 0.1) is 12.7 Å². The van der Waals surface area contributed by atoms with Crippen molar-refractivity contribution in [3.8, 4) is 0 Å². The lowest BCUT2D eigenvalue weighted by Crippen LogP contribution is -2.56. The summed E-state index contributed by atoms with van der Waals surface area (Å²) in [6.45, 7) is 4.29. The van der Waals surface area contributed by atoms with Crippen molar-refractivity contribution in [3.05, 3.63) is 22.9 Å². The summed E-state index contributed by atoms with van der Waals surface area (Å²) in [5.74, 6) is 1.30. The molecule has 0 heterocycles. The molecule has 5 heteroatoms. The highest BCUT2D eigenvalue weighted by Crippen LogP contribution is 2.66. The Bertz CT molecular complexity index is 726. The quantitative estimate of drug-likeness (QED) is 0.664. The van der Waals surface area contributed by atoms with Crippen LogP contribution in [0, 0.1) is 28.6 Å². The van der Waals surface area contributed by atoms with Gasteiger partial charge >= 0.3 is 0 Å². The van der Waals surface area contributed by atoms with Crippen molar-refractivity contribution in [2.75, 3.05) is 6.61 Å². The standard InChI is InChI=1S/C22H31NO4/c1-21-8-7-14(26)9-13(21)3-4-15-16-5-6-17(18(11-24)23-12-25)22(16,2)10-19(27)20(15)21/h9,12,15-16,19-20,24,27H,3-8,10-11H2,1-2H3,(H,23,25)/t15-,16-,19?,20+,21-,22-/m0/s1. The Hall–Kier alpha value is -1.46. The van der Waals surface area contributed by atoms with Crippen molar-refractivity contribution < 1.29 is 19.8 Å². The molecule has 3 saturated carbocycles. The van der Waals surface area contributed by atoms with Gasteiger partial charge in [0.25, 0.3) is 0 Å². The normalized spacial score (nSPS) is 45.3. The van der Waals surface area contributed by atoms with Gasteiger partial charge in [-0.1, -0.05) is 19.4 Å². The van der Waals surface area contributed by atoms with E-state index in [9.17, 15) is 19.8 Å². The Kier molecular flexibility index (Phi) is 4.59. The SMILES string of the molecule is C[C@]12CCC(=O)C=C1CC[C@@H]1[C@@H]2C(O)C[C@]2(C)C(=C(CO)NC=O)CC[C@@H]12. The fraction of sp³-hybridized carbons (Fsp3) is 0.727. The molecule has 0 bridgehead atoms. The third-order valence-corrected chi connectivity index (χ3v) is 8.44. The molecule has 0 aromatic heterocycles. The van der Waals surface area contributed by atoms with Crippen LogP contribution >= 0.6 is 0 Å². The molecule has 148 valence electrons. The Morgan fingerprint density at radius 1 is 1.26 bits per heavy atom. The summed E-state index contributed by atoms with van der Waals surface area (Å²) in [4.78, 5) is 22.9. The number of rotatable bonds is 3. The summed E-state index contributed by atoms with van der Waals surface area (Å²) < 4.78 is 0. The lowest BCUT2D eigenvalue weighted by Gasteiger charge is -2.59. The number of hydrogen-bond donors (Lipinski definition) is 3. The summed E-state index contributed by atoms with van der Waals surface area (Å²) >= 11 is 0. The second-order valence-corrected chi connectivity index (χ2v) is 9.49. The Morgan fingerprint density at radius 3 is 2.74 bits per heavy atom. The van der Waals surface area contributed by atoms with Gasteiger partial charge in [-0.25, -0.2) is 0 Å². The van der Waals surface area contributed by atoms with E-state index in [2.05, 4.69) is 19.2 Å². The first-order valence-corrected chi connectivity index (χ1v) is 10.3. The molecule has 0 spiro atoms. The number of aliphatic hydroxyl groups is 2. The van der Waals surface area contributed by atoms with Crippen LogP contribution in [-0.2, 0) is 9.59 Å². The first-order valence-electron chi connectivity index (χ1n) is 10.3. The number of carbonyl (C=O) groups is 2. The largest absolute Gasteiger partial charge is 0.393 e. The van der Waals surface area contributed by atoms with Gasteiger partial charge in [-0.3, -0.25) is 9.59 Å². The van der Waals surface area contributed by atoms with Crippen LogP contribution in [0.15, 0.2) is 22.9 Å². The molecule has 0 aromatic rings. The molecule has 4 rings (SSSR count). The highest BCUT2D eigenvalue weighted by molar-refractivity contribution is 5.91. The van der Waals surface area contributed by atoms with E-state index in [-0.39, 0.29) is 29.1 Å². The van der Waals surface area contributed by atoms with Gasteiger partial charge in [0.15, 0.2) is 5.78 Å². The van der Waals surface area contributed by atoms with Crippen LogP contribution in [0.1, 0.15) is 58.8 Å². The molecule has 27 heavy (non-hydrogen) atoms. The lowest BCUT2D eigenvalue weighted by atomic mass is 9.46. The van der Waals surface area contributed by atoms with Gasteiger partial charge in [0, 0.05) is 12.1 Å². The van der Waals surface area contributed by atoms with E-state index in [0.29, 0.717) is 36.8 Å². The number of amides is 1. The maximum absolute atomic E-state index is 11.9. The topological polar surface area (TPSA) is 86.6 Å². The maximum atomic E-state index is 11.9. The second-order valence-electron chi connectivity index (χ2n) is 9.49. The minimum atomic E-state index is -0.428. The molecule has 0 aromatic carbocycles. The molecule has 0 aliphatic heterocycles. The van der Waals surface area contributed by atoms with E-state index in [4.69, 9.17) is 0 Å². The first kappa shape index (κ1) is 18.9. The average Bonchev–Trinajstić information content (AvgIpc) is 2.96. The zero-order valence-electron chi connectivity index (χ0n) is 16.3. The summed E-state index contributed by atoms with van der Waals surface area (Å²) in [6, 6.07) is 0. The van der Waals surface area contributed by atoms with E-state index in [1.807, 2.05) is 6.08 Å². The summed E-state index contributed by atoms with van der Waals surface area (Å²) in [5.41, 5.74) is 2.72. The second kappa shape index (κ2) is 6.56. The van der Waals surface area contributed by atoms with Crippen molar-refractivity contribution in [1.82, 2.24) is 5.32 Å². The molecule has 1 amide bonds. The van der Waals surface area contributed by atoms with Crippen LogP contribution in [0.4, 0.5) is 0 Å². The fourth-order valence-electron chi connectivity index (χ4n) is 7.29. The maximum Gasteiger partial charge on any atom is 0.211 e. The summed E-state index contributed by atoms with van der Waals surface area (Å²) in [5, 5.41) is 23.8. The predicted molar refractivity (Wildman–Crippen MR) is 101 cm³/mol. The number of fused-ring (bicyclic) bond motifs is 5. The smallest absolute Gasteiger partial charge is 0.211 e. The van der Waals surface area contributed by atoms with Crippen molar-refractivity contribution in [1.29, 1.82) is 0 Å². The van der Waals surface area contributed by atoms with E-state index in [1.165, 1.54) is 5.57 Å². The molecule has 3 N–H and O–H groups in total. The van der Waals surface area contributed by atoms with Crippen molar-refractivity contribution in [2.24, 2.45) is 28.6 Å². The minimum Gasteiger partial charge on any atom is -0.393 e. The number of aliphatic hydroxyl groups excluding tert-OH is 2. The third kappa shape index (κ3) is 2.65. The van der Waals surface area contributed by atoms with Crippen molar-refractivity contribution in [3.63, 3.8) is 0 Å². The van der Waals surface area contributed by atoms with Crippen LogP contribution in [0.25, 0.3) is 0 Å². The lowest BCUT2D eigenvalue weighted by molar-refractivity contribution is -0.124. The van der Waals surface area contributed by atoms with Crippen LogP contribution in [0.3, 0.4) is 0 Å². The molecule has 1 unspecified atom stereocenters. The highest BCUT2D eigenvalue weighted by atomic mass is 16.3. The van der Waals surface area contributed by atoms with E-state index in [0.717, 1.165) is 37.7 Å². The minimum absolute atomic E-state index is 0.0785. The van der Waals surface area contributed by atoms with Gasteiger partial charge in [-0.2, -0.15) is 0 Å². The third-order valence-electron chi connectivity index (χ3n) is 8.44. The molecular formula is C22H31NO4. The predicted octanol–water partition coefficient (Wildman–Crippen LogP) is 2.48. The molecule has 4 aliphatic carbocycles. The summed E-state index contributed by atoms with van der Waals surface area (Å²) in [7, 11) is 0. The zero-order chi connectivity index (χ0) is 19.4. The number of carbonyl (C=O) groups excluding carboxylic acids is 2. The zero-order valence-corrected chi connectivity index (χ0v) is 16.3. The summed E-state index contributed by atoms with van der Waals surface area (Å²) in [6.07, 6.45) is 8.02. The monoisotopic (exact) mass is 373 g/mol. The van der Waals surface area contributed by atoms with Gasteiger partial charge in [-0.15, -0.1) is 0 Å². The molecule has 5 nitrogen and oxygen atoms in total. The van der Waals surface area contributed by atoms with Gasteiger partial charge in [0.1, 0.15) is 0 Å². The molecular weight excluding hydrogens is 342 g/mol. The van der Waals surface area contributed by atoms with E-state index in [1.54, 1.807) is 0 Å². The first-order chi connectivity index (χ1) is 12.8. The van der Waals surface area contributed by atoms with Gasteiger partial charge in [-0.05, 0) is 78.8 Å². The van der Waals surface area contributed by atoms with Crippen LogP contribution in [-0.4, -0.2) is 35.1 Å². The van der Waals surface area contributed by atoms with E-state index < -0.39 is 6.10 Å². The number of ketones is 1. The van der Waals surface area contributed by atoms with Crippen LogP contribution in [0.5, 0.6) is 0 Å². The van der Waals surface area contributed by atoms with Crippen LogP contribution < -0.4 is 5.32 Å².